The van der Waals surface area contributed by atoms with Gasteiger partial charge in [-0.3, -0.25) is 4.79 Å². The van der Waals surface area contributed by atoms with Crippen molar-refractivity contribution >= 4 is 5.91 Å². The third-order valence-electron chi connectivity index (χ3n) is 4.77. The maximum atomic E-state index is 12.6. The first-order valence-electron chi connectivity index (χ1n) is 9.89. The molecule has 0 bridgehead atoms. The fourth-order valence-corrected chi connectivity index (χ4v) is 3.07. The number of benzene rings is 1. The maximum Gasteiger partial charge on any atom is 0.275 e. The van der Waals surface area contributed by atoms with Crippen LogP contribution in [-0.2, 0) is 13.7 Å². The SMILES string of the molecule is CC(C)NC(=O)c1nc(C2CC2)cnc1OCc1nc(-c2ccccc2)cn1C. The average Bonchev–Trinajstić information content (AvgIpc) is 3.49. The fourth-order valence-electron chi connectivity index (χ4n) is 3.07. The van der Waals surface area contributed by atoms with Gasteiger partial charge in [0.2, 0.25) is 5.88 Å². The molecule has 3 aromatic rings. The van der Waals surface area contributed by atoms with Crippen LogP contribution in [0.1, 0.15) is 54.6 Å². The van der Waals surface area contributed by atoms with E-state index in [1.807, 2.05) is 62.0 Å². The Kier molecular flexibility index (Phi) is 5.29. The quantitative estimate of drug-likeness (QED) is 0.667. The van der Waals surface area contributed by atoms with E-state index in [1.165, 1.54) is 0 Å². The lowest BCUT2D eigenvalue weighted by atomic mass is 10.2. The molecule has 1 aromatic carbocycles. The highest BCUT2D eigenvalue weighted by atomic mass is 16.5. The lowest BCUT2D eigenvalue weighted by Crippen LogP contribution is -2.31. The van der Waals surface area contributed by atoms with Crippen LogP contribution in [-0.4, -0.2) is 31.5 Å². The summed E-state index contributed by atoms with van der Waals surface area (Å²) in [5, 5.41) is 2.88. The van der Waals surface area contributed by atoms with Gasteiger partial charge < -0.3 is 14.6 Å². The van der Waals surface area contributed by atoms with Gasteiger partial charge in [0.05, 0.1) is 17.6 Å². The van der Waals surface area contributed by atoms with Crippen molar-refractivity contribution in [1.82, 2.24) is 24.8 Å². The molecule has 0 saturated heterocycles. The van der Waals surface area contributed by atoms with Gasteiger partial charge >= 0.3 is 0 Å². The molecule has 1 aliphatic carbocycles. The monoisotopic (exact) mass is 391 g/mol. The molecule has 1 aliphatic rings. The second-order valence-corrected chi connectivity index (χ2v) is 7.66. The molecule has 0 spiro atoms. The van der Waals surface area contributed by atoms with Gasteiger partial charge in [-0.1, -0.05) is 30.3 Å². The van der Waals surface area contributed by atoms with Crippen LogP contribution in [0.25, 0.3) is 11.3 Å². The van der Waals surface area contributed by atoms with Crippen LogP contribution in [0, 0.1) is 0 Å². The van der Waals surface area contributed by atoms with E-state index in [0.29, 0.717) is 5.92 Å². The molecule has 1 fully saturated rings. The summed E-state index contributed by atoms with van der Waals surface area (Å²) < 4.78 is 7.81. The topological polar surface area (TPSA) is 81.9 Å². The predicted octanol–water partition coefficient (Wildman–Crippen LogP) is 3.47. The number of carbonyl (C=O) groups is 1. The summed E-state index contributed by atoms with van der Waals surface area (Å²) in [5.41, 5.74) is 3.01. The number of rotatable bonds is 7. The number of aromatic nitrogens is 4. The minimum absolute atomic E-state index is 0.00435. The summed E-state index contributed by atoms with van der Waals surface area (Å²) in [6.45, 7) is 4.02. The van der Waals surface area contributed by atoms with Crippen LogP contribution in [0.5, 0.6) is 5.88 Å². The Morgan fingerprint density at radius 3 is 2.69 bits per heavy atom. The van der Waals surface area contributed by atoms with E-state index in [2.05, 4.69) is 20.3 Å². The van der Waals surface area contributed by atoms with Crippen LogP contribution in [0.3, 0.4) is 0 Å². The van der Waals surface area contributed by atoms with Gasteiger partial charge in [-0.05, 0) is 26.7 Å². The molecule has 29 heavy (non-hydrogen) atoms. The molecule has 7 heteroatoms. The normalized spacial score (nSPS) is 13.5. The second-order valence-electron chi connectivity index (χ2n) is 7.66. The number of aryl methyl sites for hydroxylation is 1. The molecule has 0 radical (unpaired) electrons. The molecule has 2 aromatic heterocycles. The van der Waals surface area contributed by atoms with Crippen LogP contribution in [0.2, 0.25) is 0 Å². The van der Waals surface area contributed by atoms with E-state index in [9.17, 15) is 4.79 Å². The Balaban J connectivity index is 1.55. The van der Waals surface area contributed by atoms with Gasteiger partial charge in [-0.15, -0.1) is 0 Å². The molecule has 0 unspecified atom stereocenters. The maximum absolute atomic E-state index is 12.6. The van der Waals surface area contributed by atoms with Crippen molar-refractivity contribution in [1.29, 1.82) is 0 Å². The molecule has 7 nitrogen and oxygen atoms in total. The summed E-state index contributed by atoms with van der Waals surface area (Å²) in [7, 11) is 1.92. The number of ether oxygens (including phenoxy) is 1. The summed E-state index contributed by atoms with van der Waals surface area (Å²) >= 11 is 0. The Morgan fingerprint density at radius 1 is 1.24 bits per heavy atom. The fraction of sp³-hybridized carbons (Fsp3) is 0.364. The van der Waals surface area contributed by atoms with Crippen molar-refractivity contribution in [3.8, 4) is 17.1 Å². The third-order valence-corrected chi connectivity index (χ3v) is 4.77. The van der Waals surface area contributed by atoms with Crippen LogP contribution in [0.15, 0.2) is 42.7 Å². The van der Waals surface area contributed by atoms with Gasteiger partial charge in [0.15, 0.2) is 5.69 Å². The number of hydrogen-bond acceptors (Lipinski definition) is 5. The molecule has 150 valence electrons. The second kappa shape index (κ2) is 8.03. The summed E-state index contributed by atoms with van der Waals surface area (Å²) in [6, 6.07) is 9.98. The first-order valence-corrected chi connectivity index (χ1v) is 9.89. The molecule has 1 amide bonds. The van der Waals surface area contributed by atoms with E-state index < -0.39 is 0 Å². The standard InChI is InChI=1S/C22H25N5O2/c1-14(2)24-21(28)20-22(23-11-17(26-20)16-9-10-16)29-13-19-25-18(12-27(19)3)15-7-5-4-6-8-15/h4-8,11-12,14,16H,9-10,13H2,1-3H3,(H,24,28). The van der Waals surface area contributed by atoms with Gasteiger partial charge in [0.25, 0.3) is 5.91 Å². The van der Waals surface area contributed by atoms with Crippen molar-refractivity contribution in [2.75, 3.05) is 0 Å². The van der Waals surface area contributed by atoms with Gasteiger partial charge in [0, 0.05) is 30.8 Å². The van der Waals surface area contributed by atoms with Crippen LogP contribution < -0.4 is 10.1 Å². The van der Waals surface area contributed by atoms with Gasteiger partial charge in [0.1, 0.15) is 12.4 Å². The number of hydrogen-bond donors (Lipinski definition) is 1. The van der Waals surface area contributed by atoms with E-state index >= 15 is 0 Å². The van der Waals surface area contributed by atoms with Crippen molar-refractivity contribution in [2.45, 2.75) is 45.3 Å². The van der Waals surface area contributed by atoms with Crippen LogP contribution >= 0.6 is 0 Å². The van der Waals surface area contributed by atoms with Crippen molar-refractivity contribution in [2.24, 2.45) is 7.05 Å². The molecule has 1 saturated carbocycles. The molecular formula is C22H25N5O2. The van der Waals surface area contributed by atoms with E-state index in [1.54, 1.807) is 6.20 Å². The summed E-state index contributed by atoms with van der Waals surface area (Å²) in [6.07, 6.45) is 5.86. The van der Waals surface area contributed by atoms with E-state index in [-0.39, 0.29) is 30.1 Å². The predicted molar refractivity (Wildman–Crippen MR) is 110 cm³/mol. The first kappa shape index (κ1) is 19.1. The number of nitrogens with one attached hydrogen (secondary N) is 1. The molecular weight excluding hydrogens is 366 g/mol. The van der Waals surface area contributed by atoms with Crippen LogP contribution in [0.4, 0.5) is 0 Å². The zero-order valence-corrected chi connectivity index (χ0v) is 16.9. The van der Waals surface area contributed by atoms with Crippen molar-refractivity contribution in [3.05, 3.63) is 59.9 Å². The zero-order valence-electron chi connectivity index (χ0n) is 16.9. The number of nitrogens with zero attached hydrogens (tertiary/aromatic N) is 4. The molecule has 2 heterocycles. The third kappa shape index (κ3) is 4.45. The molecule has 4 rings (SSSR count). The smallest absolute Gasteiger partial charge is 0.275 e. The Hall–Kier alpha value is -3.22. The summed E-state index contributed by atoms with van der Waals surface area (Å²) in [4.78, 5) is 26.2. The Bertz CT molecular complexity index is 1010. The highest BCUT2D eigenvalue weighted by molar-refractivity contribution is 5.94. The van der Waals surface area contributed by atoms with Gasteiger partial charge in [-0.2, -0.15) is 0 Å². The number of carbonyl (C=O) groups excluding carboxylic acids is 1. The van der Waals surface area contributed by atoms with Crippen molar-refractivity contribution < 1.29 is 9.53 Å². The minimum atomic E-state index is -0.269. The van der Waals surface area contributed by atoms with Gasteiger partial charge in [-0.25, -0.2) is 15.0 Å². The number of imidazole rings is 1. The molecule has 0 aliphatic heterocycles. The number of amides is 1. The van der Waals surface area contributed by atoms with Crippen molar-refractivity contribution in [3.63, 3.8) is 0 Å². The summed E-state index contributed by atoms with van der Waals surface area (Å²) in [5.74, 6) is 1.11. The highest BCUT2D eigenvalue weighted by Gasteiger charge is 2.28. The molecule has 0 atom stereocenters. The Labute approximate surface area is 170 Å². The van der Waals surface area contributed by atoms with E-state index in [0.717, 1.165) is 35.6 Å². The average molecular weight is 391 g/mol. The zero-order chi connectivity index (χ0) is 20.4. The first-order chi connectivity index (χ1) is 14.0. The molecule has 1 N–H and O–H groups in total. The highest BCUT2D eigenvalue weighted by Crippen LogP contribution is 2.39. The lowest BCUT2D eigenvalue weighted by molar-refractivity contribution is 0.0931. The van der Waals surface area contributed by atoms with E-state index in [4.69, 9.17) is 4.74 Å². The largest absolute Gasteiger partial charge is 0.468 e. The lowest BCUT2D eigenvalue weighted by Gasteiger charge is -2.12. The Morgan fingerprint density at radius 2 is 2.00 bits per heavy atom. The minimum Gasteiger partial charge on any atom is -0.468 e.